The molecule has 0 bridgehead atoms. The number of anilines is 1. The molecule has 0 spiro atoms. The molecule has 1 aromatic heterocycles. The van der Waals surface area contributed by atoms with Gasteiger partial charge in [0.05, 0.1) is 29.6 Å². The van der Waals surface area contributed by atoms with E-state index in [4.69, 9.17) is 0 Å². The summed E-state index contributed by atoms with van der Waals surface area (Å²) in [6.07, 6.45) is 3.24. The molecule has 1 fully saturated rings. The predicted octanol–water partition coefficient (Wildman–Crippen LogP) is 3.60. The Bertz CT molecular complexity index is 1070. The van der Waals surface area contributed by atoms with E-state index >= 15 is 0 Å². The molecule has 0 saturated carbocycles. The van der Waals surface area contributed by atoms with Crippen LogP contribution in [0.4, 0.5) is 10.1 Å². The second kappa shape index (κ2) is 9.53. The summed E-state index contributed by atoms with van der Waals surface area (Å²) in [6.45, 7) is 3.26. The highest BCUT2D eigenvalue weighted by atomic mass is 19.1. The molecule has 0 radical (unpaired) electrons. The number of aliphatic hydroxyl groups is 1. The van der Waals surface area contributed by atoms with Gasteiger partial charge < -0.3 is 15.3 Å². The summed E-state index contributed by atoms with van der Waals surface area (Å²) in [5.74, 6) is -0.575. The van der Waals surface area contributed by atoms with Crippen LogP contribution in [0.5, 0.6) is 0 Å². The summed E-state index contributed by atoms with van der Waals surface area (Å²) in [7, 11) is 1.83. The summed E-state index contributed by atoms with van der Waals surface area (Å²) in [5.41, 5.74) is 4.05. The number of carbonyl (C=O) groups excluding carboxylic acids is 1. The maximum Gasteiger partial charge on any atom is 0.255 e. The lowest BCUT2D eigenvalue weighted by Crippen LogP contribution is -2.37. The van der Waals surface area contributed by atoms with Gasteiger partial charge in [-0.05, 0) is 43.5 Å². The Hall–Kier alpha value is -3.19. The molecule has 1 amide bonds. The molecule has 3 aromatic rings. The van der Waals surface area contributed by atoms with E-state index in [0.717, 1.165) is 22.5 Å². The van der Waals surface area contributed by atoms with Crippen molar-refractivity contribution in [1.82, 2.24) is 15.1 Å². The van der Waals surface area contributed by atoms with Crippen LogP contribution in [0.3, 0.4) is 0 Å². The van der Waals surface area contributed by atoms with Crippen molar-refractivity contribution < 1.29 is 14.3 Å². The molecule has 4 rings (SSSR count). The Balaban J connectivity index is 1.54. The minimum Gasteiger partial charge on any atom is -0.393 e. The SMILES string of the molecule is CC(NC(=O)c1cnn(C)c1Cc1ccccc1)c1cc(F)ccc1N1CCC(O)CC1. The Kier molecular flexibility index (Phi) is 6.55. The molecule has 1 saturated heterocycles. The number of amides is 1. The zero-order valence-corrected chi connectivity index (χ0v) is 18.5. The number of benzene rings is 2. The Labute approximate surface area is 187 Å². The fourth-order valence-corrected chi connectivity index (χ4v) is 4.27. The van der Waals surface area contributed by atoms with Crippen LogP contribution >= 0.6 is 0 Å². The summed E-state index contributed by atoms with van der Waals surface area (Å²) in [4.78, 5) is 15.3. The standard InChI is InChI=1S/C25H29FN4O2/c1-17(21-15-19(26)8-9-23(21)30-12-10-20(31)11-13-30)28-25(32)22-16-27-29(2)24(22)14-18-6-4-3-5-7-18/h3-9,15-17,20,31H,10-14H2,1-2H3,(H,28,32). The minimum atomic E-state index is -0.398. The molecule has 2 aromatic carbocycles. The summed E-state index contributed by atoms with van der Waals surface area (Å²) >= 11 is 0. The topological polar surface area (TPSA) is 70.4 Å². The lowest BCUT2D eigenvalue weighted by atomic mass is 10.0. The van der Waals surface area contributed by atoms with Crippen LogP contribution in [0.25, 0.3) is 0 Å². The van der Waals surface area contributed by atoms with Crippen LogP contribution < -0.4 is 10.2 Å². The smallest absolute Gasteiger partial charge is 0.255 e. The van der Waals surface area contributed by atoms with Gasteiger partial charge in [-0.3, -0.25) is 9.48 Å². The van der Waals surface area contributed by atoms with Gasteiger partial charge in [0, 0.05) is 37.8 Å². The summed E-state index contributed by atoms with van der Waals surface area (Å²) in [5, 5.41) is 17.1. The average molecular weight is 437 g/mol. The number of carbonyl (C=O) groups is 1. The molecule has 6 nitrogen and oxygen atoms in total. The highest BCUT2D eigenvalue weighted by Crippen LogP contribution is 2.30. The normalized spacial score (nSPS) is 15.6. The maximum absolute atomic E-state index is 14.1. The van der Waals surface area contributed by atoms with Crippen LogP contribution in [0, 0.1) is 5.82 Å². The van der Waals surface area contributed by atoms with Crippen LogP contribution in [-0.2, 0) is 13.5 Å². The van der Waals surface area contributed by atoms with Gasteiger partial charge >= 0.3 is 0 Å². The van der Waals surface area contributed by atoms with E-state index in [9.17, 15) is 14.3 Å². The lowest BCUT2D eigenvalue weighted by Gasteiger charge is -2.34. The number of hydrogen-bond donors (Lipinski definition) is 2. The molecule has 1 atom stereocenters. The number of hydrogen-bond acceptors (Lipinski definition) is 4. The van der Waals surface area contributed by atoms with Crippen molar-refractivity contribution in [2.24, 2.45) is 7.05 Å². The van der Waals surface area contributed by atoms with E-state index in [1.807, 2.05) is 44.3 Å². The second-order valence-electron chi connectivity index (χ2n) is 8.41. The molecule has 1 aliphatic heterocycles. The van der Waals surface area contributed by atoms with E-state index in [2.05, 4.69) is 15.3 Å². The minimum absolute atomic E-state index is 0.235. The Morgan fingerprint density at radius 3 is 2.66 bits per heavy atom. The van der Waals surface area contributed by atoms with E-state index < -0.39 is 6.04 Å². The van der Waals surface area contributed by atoms with E-state index in [0.29, 0.717) is 37.9 Å². The average Bonchev–Trinajstić information content (AvgIpc) is 3.15. The maximum atomic E-state index is 14.1. The number of piperidine rings is 1. The lowest BCUT2D eigenvalue weighted by molar-refractivity contribution is 0.0939. The molecule has 32 heavy (non-hydrogen) atoms. The van der Waals surface area contributed by atoms with Crippen LogP contribution in [0.2, 0.25) is 0 Å². The fourth-order valence-electron chi connectivity index (χ4n) is 4.27. The molecular formula is C25H29FN4O2. The molecule has 1 unspecified atom stereocenters. The quantitative estimate of drug-likeness (QED) is 0.620. The number of rotatable bonds is 6. The molecule has 7 heteroatoms. The van der Waals surface area contributed by atoms with Crippen molar-refractivity contribution in [3.63, 3.8) is 0 Å². The van der Waals surface area contributed by atoms with E-state index in [-0.39, 0.29) is 17.8 Å². The van der Waals surface area contributed by atoms with Gasteiger partial charge in [-0.1, -0.05) is 30.3 Å². The van der Waals surface area contributed by atoms with Crippen molar-refractivity contribution in [3.05, 3.63) is 82.9 Å². The first-order valence-corrected chi connectivity index (χ1v) is 11.0. The van der Waals surface area contributed by atoms with Crippen molar-refractivity contribution in [2.45, 2.75) is 38.3 Å². The molecule has 2 N–H and O–H groups in total. The number of aryl methyl sites for hydroxylation is 1. The number of aliphatic hydroxyl groups excluding tert-OH is 1. The monoisotopic (exact) mass is 436 g/mol. The summed E-state index contributed by atoms with van der Waals surface area (Å²) < 4.78 is 15.8. The molecule has 168 valence electrons. The van der Waals surface area contributed by atoms with Crippen LogP contribution in [0.15, 0.2) is 54.7 Å². The van der Waals surface area contributed by atoms with E-state index in [1.54, 1.807) is 16.9 Å². The third-order valence-electron chi connectivity index (χ3n) is 6.13. The van der Waals surface area contributed by atoms with E-state index in [1.165, 1.54) is 12.1 Å². The summed E-state index contributed by atoms with van der Waals surface area (Å²) in [6, 6.07) is 14.2. The number of halogens is 1. The first kappa shape index (κ1) is 22.0. The Morgan fingerprint density at radius 2 is 1.94 bits per heavy atom. The van der Waals surface area contributed by atoms with Crippen molar-refractivity contribution >= 4 is 11.6 Å². The van der Waals surface area contributed by atoms with Gasteiger partial charge in [0.15, 0.2) is 0 Å². The molecule has 0 aliphatic carbocycles. The van der Waals surface area contributed by atoms with Gasteiger partial charge in [-0.2, -0.15) is 5.10 Å². The van der Waals surface area contributed by atoms with Gasteiger partial charge in [0.1, 0.15) is 5.82 Å². The van der Waals surface area contributed by atoms with Crippen molar-refractivity contribution in [3.8, 4) is 0 Å². The highest BCUT2D eigenvalue weighted by molar-refractivity contribution is 5.95. The van der Waals surface area contributed by atoms with Gasteiger partial charge in [-0.15, -0.1) is 0 Å². The van der Waals surface area contributed by atoms with Crippen LogP contribution in [0.1, 0.15) is 53.0 Å². The zero-order valence-electron chi connectivity index (χ0n) is 18.5. The number of nitrogens with one attached hydrogen (secondary N) is 1. The molecule has 1 aliphatic rings. The largest absolute Gasteiger partial charge is 0.393 e. The highest BCUT2D eigenvalue weighted by Gasteiger charge is 2.24. The molecule has 2 heterocycles. The molecular weight excluding hydrogens is 407 g/mol. The first-order valence-electron chi connectivity index (χ1n) is 11.0. The van der Waals surface area contributed by atoms with Crippen molar-refractivity contribution in [2.75, 3.05) is 18.0 Å². The van der Waals surface area contributed by atoms with Crippen LogP contribution in [-0.4, -0.2) is 40.0 Å². The second-order valence-corrected chi connectivity index (χ2v) is 8.41. The number of aromatic nitrogens is 2. The fraction of sp³-hybridized carbons (Fsp3) is 0.360. The number of nitrogens with zero attached hydrogens (tertiary/aromatic N) is 3. The zero-order chi connectivity index (χ0) is 22.7. The van der Waals surface area contributed by atoms with Gasteiger partial charge in [-0.25, -0.2) is 4.39 Å². The van der Waals surface area contributed by atoms with Crippen molar-refractivity contribution in [1.29, 1.82) is 0 Å². The first-order chi connectivity index (χ1) is 15.4. The van der Waals surface area contributed by atoms with Gasteiger partial charge in [0.2, 0.25) is 0 Å². The van der Waals surface area contributed by atoms with Gasteiger partial charge in [0.25, 0.3) is 5.91 Å². The predicted molar refractivity (Wildman–Crippen MR) is 122 cm³/mol. The third kappa shape index (κ3) is 4.83. The Morgan fingerprint density at radius 1 is 1.22 bits per heavy atom. The third-order valence-corrected chi connectivity index (χ3v) is 6.13.